The minimum Gasteiger partial charge on any atom is -0.453 e. The second-order valence-corrected chi connectivity index (χ2v) is 10.8. The topological polar surface area (TPSA) is 125 Å². The van der Waals surface area contributed by atoms with Crippen molar-refractivity contribution in [2.24, 2.45) is 0 Å². The quantitative estimate of drug-likeness (QED) is 0.589. The largest absolute Gasteiger partial charge is 0.453 e. The van der Waals surface area contributed by atoms with Crippen LogP contribution >= 0.6 is 11.3 Å². The Labute approximate surface area is 202 Å². The van der Waals surface area contributed by atoms with Crippen LogP contribution in [0.4, 0.5) is 9.80 Å². The molecule has 1 aromatic carbocycles. The highest BCUT2D eigenvalue weighted by Crippen LogP contribution is 2.37. The summed E-state index contributed by atoms with van der Waals surface area (Å²) in [5.41, 5.74) is 1.27. The standard InChI is InChI=1S/C22H28N4O6S2/c1-5-26(6-2)34(30,31)15-9-7-14(8-10-15)19(27)23-21-18(20(28)24-22(29)32-4)16-11-12-25(3)13-17(16)33-21/h7-10H,5-6,11-13H2,1-4H3,(H,23,27)(H,24,28,29). The van der Waals surface area contributed by atoms with Gasteiger partial charge in [0.05, 0.1) is 17.6 Å². The van der Waals surface area contributed by atoms with Gasteiger partial charge in [-0.15, -0.1) is 11.3 Å². The molecule has 1 aliphatic rings. The minimum atomic E-state index is -3.64. The molecule has 1 aliphatic heterocycles. The van der Waals surface area contributed by atoms with Crippen LogP contribution in [-0.2, 0) is 27.7 Å². The number of carbonyl (C=O) groups excluding carboxylic acids is 3. The van der Waals surface area contributed by atoms with E-state index in [0.717, 1.165) is 24.1 Å². The molecule has 3 rings (SSSR count). The lowest BCUT2D eigenvalue weighted by Crippen LogP contribution is -2.33. The first-order valence-electron chi connectivity index (χ1n) is 10.8. The summed E-state index contributed by atoms with van der Waals surface area (Å²) in [7, 11) is -0.518. The van der Waals surface area contributed by atoms with Gasteiger partial charge in [-0.2, -0.15) is 4.31 Å². The van der Waals surface area contributed by atoms with Crippen LogP contribution < -0.4 is 10.6 Å². The number of rotatable bonds is 7. The molecule has 0 aliphatic carbocycles. The van der Waals surface area contributed by atoms with Crippen LogP contribution in [0.15, 0.2) is 29.2 Å². The van der Waals surface area contributed by atoms with Crippen molar-refractivity contribution in [2.75, 3.05) is 39.1 Å². The Kier molecular flexibility index (Phi) is 8.08. The summed E-state index contributed by atoms with van der Waals surface area (Å²) >= 11 is 1.28. The van der Waals surface area contributed by atoms with Crippen molar-refractivity contribution >= 4 is 44.3 Å². The fourth-order valence-electron chi connectivity index (χ4n) is 3.73. The van der Waals surface area contributed by atoms with E-state index in [1.807, 2.05) is 7.05 Å². The predicted octanol–water partition coefficient (Wildman–Crippen LogP) is 2.52. The Morgan fingerprint density at radius 1 is 1.12 bits per heavy atom. The monoisotopic (exact) mass is 508 g/mol. The fourth-order valence-corrected chi connectivity index (χ4v) is 6.51. The minimum absolute atomic E-state index is 0.0977. The van der Waals surface area contributed by atoms with Crippen LogP contribution in [0.25, 0.3) is 0 Å². The van der Waals surface area contributed by atoms with E-state index < -0.39 is 27.9 Å². The summed E-state index contributed by atoms with van der Waals surface area (Å²) in [4.78, 5) is 40.5. The lowest BCUT2D eigenvalue weighted by molar-refractivity contribution is 0.0936. The Balaban J connectivity index is 1.88. The number of carbonyl (C=O) groups is 3. The van der Waals surface area contributed by atoms with E-state index in [0.29, 0.717) is 31.1 Å². The molecular formula is C22H28N4O6S2. The van der Waals surface area contributed by atoms with Gasteiger partial charge in [-0.05, 0) is 43.3 Å². The van der Waals surface area contributed by atoms with Gasteiger partial charge in [0.1, 0.15) is 5.00 Å². The highest BCUT2D eigenvalue weighted by molar-refractivity contribution is 7.89. The van der Waals surface area contributed by atoms with Crippen molar-refractivity contribution in [1.82, 2.24) is 14.5 Å². The molecule has 0 bridgehead atoms. The average Bonchev–Trinajstić information content (AvgIpc) is 3.16. The summed E-state index contributed by atoms with van der Waals surface area (Å²) in [6.45, 7) is 5.56. The number of amides is 3. The number of nitrogens with zero attached hydrogens (tertiary/aromatic N) is 2. The second-order valence-electron chi connectivity index (χ2n) is 7.71. The van der Waals surface area contributed by atoms with Gasteiger partial charge in [-0.1, -0.05) is 13.8 Å². The number of nitrogens with one attached hydrogen (secondary N) is 2. The highest BCUT2D eigenvalue weighted by Gasteiger charge is 2.29. The van der Waals surface area contributed by atoms with Gasteiger partial charge in [-0.3, -0.25) is 14.9 Å². The van der Waals surface area contributed by atoms with Crippen LogP contribution in [0.3, 0.4) is 0 Å². The predicted molar refractivity (Wildman–Crippen MR) is 129 cm³/mol. The maximum atomic E-state index is 13.0. The molecule has 10 nitrogen and oxygen atoms in total. The van der Waals surface area contributed by atoms with Gasteiger partial charge in [0, 0.05) is 36.6 Å². The first-order chi connectivity index (χ1) is 16.1. The molecule has 2 aromatic rings. The second kappa shape index (κ2) is 10.6. The van der Waals surface area contributed by atoms with Crippen molar-refractivity contribution in [2.45, 2.75) is 31.7 Å². The maximum absolute atomic E-state index is 13.0. The van der Waals surface area contributed by atoms with Gasteiger partial charge in [0.2, 0.25) is 10.0 Å². The number of likely N-dealkylation sites (N-methyl/N-ethyl adjacent to an activating group) is 1. The van der Waals surface area contributed by atoms with Crippen LogP contribution in [0.2, 0.25) is 0 Å². The van der Waals surface area contributed by atoms with E-state index in [2.05, 4.69) is 20.3 Å². The maximum Gasteiger partial charge on any atom is 0.413 e. The first-order valence-corrected chi connectivity index (χ1v) is 13.0. The molecule has 34 heavy (non-hydrogen) atoms. The molecule has 0 saturated heterocycles. The third-order valence-corrected chi connectivity index (χ3v) is 8.76. The Morgan fingerprint density at radius 2 is 1.76 bits per heavy atom. The third-order valence-electron chi connectivity index (χ3n) is 5.56. The van der Waals surface area contributed by atoms with E-state index in [9.17, 15) is 22.8 Å². The van der Waals surface area contributed by atoms with Gasteiger partial charge in [-0.25, -0.2) is 13.2 Å². The average molecular weight is 509 g/mol. The van der Waals surface area contributed by atoms with E-state index in [-0.39, 0.29) is 16.0 Å². The number of methoxy groups -OCH3 is 1. The van der Waals surface area contributed by atoms with Crippen molar-refractivity contribution in [3.05, 3.63) is 45.8 Å². The number of imide groups is 1. The number of alkyl carbamates (subject to hydrolysis) is 1. The molecule has 0 radical (unpaired) electrons. The van der Waals surface area contributed by atoms with Gasteiger partial charge >= 0.3 is 6.09 Å². The zero-order chi connectivity index (χ0) is 25.0. The summed E-state index contributed by atoms with van der Waals surface area (Å²) in [5.74, 6) is -1.14. The van der Waals surface area contributed by atoms with E-state index in [1.165, 1.54) is 39.9 Å². The van der Waals surface area contributed by atoms with Crippen LogP contribution in [0, 0.1) is 0 Å². The number of fused-ring (bicyclic) bond motifs is 1. The van der Waals surface area contributed by atoms with Crippen LogP contribution in [0.1, 0.15) is 45.0 Å². The third kappa shape index (κ3) is 5.30. The van der Waals surface area contributed by atoms with Crippen LogP contribution in [0.5, 0.6) is 0 Å². The fraction of sp³-hybridized carbons (Fsp3) is 0.409. The number of anilines is 1. The highest BCUT2D eigenvalue weighted by atomic mass is 32.2. The molecule has 12 heteroatoms. The molecule has 2 N–H and O–H groups in total. The van der Waals surface area contributed by atoms with Crippen molar-refractivity contribution in [3.8, 4) is 0 Å². The normalized spacial score (nSPS) is 13.9. The SMILES string of the molecule is CCN(CC)S(=O)(=O)c1ccc(C(=O)Nc2sc3c(c2C(=O)NC(=O)OC)CCN(C)C3)cc1. The molecule has 1 aromatic heterocycles. The zero-order valence-corrected chi connectivity index (χ0v) is 21.1. The Hall–Kier alpha value is -2.80. The van der Waals surface area contributed by atoms with E-state index >= 15 is 0 Å². The smallest absolute Gasteiger partial charge is 0.413 e. The Morgan fingerprint density at radius 3 is 2.35 bits per heavy atom. The van der Waals surface area contributed by atoms with Gasteiger partial charge in [0.15, 0.2) is 0 Å². The van der Waals surface area contributed by atoms with Crippen LogP contribution in [-0.4, -0.2) is 69.3 Å². The Bertz CT molecular complexity index is 1190. The zero-order valence-electron chi connectivity index (χ0n) is 19.5. The molecule has 0 fully saturated rings. The number of sulfonamides is 1. The molecule has 0 atom stereocenters. The van der Waals surface area contributed by atoms with Crippen molar-refractivity contribution < 1.29 is 27.5 Å². The lowest BCUT2D eigenvalue weighted by Gasteiger charge is -2.22. The number of benzene rings is 1. The summed E-state index contributed by atoms with van der Waals surface area (Å²) in [6, 6.07) is 5.64. The molecule has 184 valence electrons. The van der Waals surface area contributed by atoms with Gasteiger partial charge in [0.25, 0.3) is 11.8 Å². The number of hydrogen-bond acceptors (Lipinski definition) is 8. The van der Waals surface area contributed by atoms with E-state index in [1.54, 1.807) is 13.8 Å². The number of ether oxygens (including phenoxy) is 1. The summed E-state index contributed by atoms with van der Waals surface area (Å²) < 4.78 is 31.2. The molecule has 0 spiro atoms. The van der Waals surface area contributed by atoms with Crippen molar-refractivity contribution in [1.29, 1.82) is 0 Å². The summed E-state index contributed by atoms with van der Waals surface area (Å²) in [5, 5.41) is 5.25. The summed E-state index contributed by atoms with van der Waals surface area (Å²) in [6.07, 6.45) is -0.291. The van der Waals surface area contributed by atoms with E-state index in [4.69, 9.17) is 0 Å². The lowest BCUT2D eigenvalue weighted by atomic mass is 10.0. The molecule has 0 saturated carbocycles. The van der Waals surface area contributed by atoms with Crippen molar-refractivity contribution in [3.63, 3.8) is 0 Å². The molecule has 2 heterocycles. The first kappa shape index (κ1) is 25.8. The number of hydrogen-bond donors (Lipinski definition) is 2. The molecule has 3 amide bonds. The number of thiophene rings is 1. The molecular weight excluding hydrogens is 480 g/mol. The molecule has 0 unspecified atom stereocenters. The van der Waals surface area contributed by atoms with Gasteiger partial charge < -0.3 is 15.0 Å².